The van der Waals surface area contributed by atoms with E-state index >= 15 is 0 Å². The molecule has 0 saturated heterocycles. The number of nitrogens with zero attached hydrogens (tertiary/aromatic N) is 1. The second-order valence-electron chi connectivity index (χ2n) is 6.20. The first-order valence-electron chi connectivity index (χ1n) is 8.44. The van der Waals surface area contributed by atoms with Crippen LogP contribution in [0.1, 0.15) is 16.1 Å². The van der Waals surface area contributed by atoms with Crippen molar-refractivity contribution in [2.75, 3.05) is 5.32 Å². The molecule has 2 aromatic heterocycles. The molecule has 2 N–H and O–H groups in total. The lowest BCUT2D eigenvalue weighted by molar-refractivity contribution is 0.0949. The summed E-state index contributed by atoms with van der Waals surface area (Å²) in [6.45, 7) is 1.99. The third kappa shape index (κ3) is 4.34. The zero-order chi connectivity index (χ0) is 20.5. The SMILES string of the molecule is Cc1ccc2oc(-c3ccc(Cl)c(NC(=S)NC(=O)c4ccc(Br)o4)c3)nc2c1. The molecule has 4 aromatic rings. The van der Waals surface area contributed by atoms with Gasteiger partial charge in [-0.15, -0.1) is 0 Å². The number of anilines is 1. The highest BCUT2D eigenvalue weighted by Crippen LogP contribution is 2.30. The molecule has 0 fully saturated rings. The van der Waals surface area contributed by atoms with E-state index in [0.29, 0.717) is 26.9 Å². The van der Waals surface area contributed by atoms with Gasteiger partial charge in [-0.05, 0) is 83.1 Å². The quantitative estimate of drug-likeness (QED) is 0.346. The summed E-state index contributed by atoms with van der Waals surface area (Å²) in [7, 11) is 0. The van der Waals surface area contributed by atoms with Crippen LogP contribution in [0.15, 0.2) is 62.0 Å². The molecule has 0 bridgehead atoms. The van der Waals surface area contributed by atoms with Gasteiger partial charge in [0.05, 0.1) is 10.7 Å². The van der Waals surface area contributed by atoms with Gasteiger partial charge in [0, 0.05) is 5.56 Å². The first-order chi connectivity index (χ1) is 13.9. The Kier molecular flexibility index (Phi) is 5.40. The van der Waals surface area contributed by atoms with Crippen molar-refractivity contribution in [3.63, 3.8) is 0 Å². The van der Waals surface area contributed by atoms with E-state index in [0.717, 1.165) is 16.6 Å². The van der Waals surface area contributed by atoms with Crippen molar-refractivity contribution in [3.8, 4) is 11.5 Å². The molecule has 0 atom stereocenters. The molecule has 0 aliphatic heterocycles. The normalized spacial score (nSPS) is 10.9. The molecule has 0 unspecified atom stereocenters. The monoisotopic (exact) mass is 489 g/mol. The second-order valence-corrected chi connectivity index (χ2v) is 7.79. The third-order valence-electron chi connectivity index (χ3n) is 4.03. The number of thiocarbonyl (C=S) groups is 1. The average Bonchev–Trinajstić information content (AvgIpc) is 3.29. The summed E-state index contributed by atoms with van der Waals surface area (Å²) < 4.78 is 11.5. The van der Waals surface area contributed by atoms with E-state index in [9.17, 15) is 4.79 Å². The number of halogens is 2. The van der Waals surface area contributed by atoms with Crippen molar-refractivity contribution in [2.45, 2.75) is 6.92 Å². The largest absolute Gasteiger partial charge is 0.444 e. The Morgan fingerprint density at radius 1 is 1.14 bits per heavy atom. The van der Waals surface area contributed by atoms with E-state index in [1.807, 2.05) is 25.1 Å². The highest BCUT2D eigenvalue weighted by atomic mass is 79.9. The van der Waals surface area contributed by atoms with Crippen molar-refractivity contribution in [1.82, 2.24) is 10.3 Å². The topological polar surface area (TPSA) is 80.3 Å². The van der Waals surface area contributed by atoms with E-state index < -0.39 is 5.91 Å². The van der Waals surface area contributed by atoms with Crippen LogP contribution in [-0.4, -0.2) is 16.0 Å². The molecule has 0 aliphatic rings. The van der Waals surface area contributed by atoms with Gasteiger partial charge in [0.2, 0.25) is 5.89 Å². The fourth-order valence-corrected chi connectivity index (χ4v) is 3.34. The lowest BCUT2D eigenvalue weighted by atomic mass is 10.2. The maximum atomic E-state index is 12.1. The Bertz CT molecular complexity index is 1250. The summed E-state index contributed by atoms with van der Waals surface area (Å²) in [6, 6.07) is 14.2. The van der Waals surface area contributed by atoms with E-state index in [4.69, 9.17) is 32.7 Å². The molecule has 1 amide bonds. The number of aromatic nitrogens is 1. The van der Waals surface area contributed by atoms with Crippen LogP contribution in [0.5, 0.6) is 0 Å². The minimum absolute atomic E-state index is 0.0785. The Labute approximate surface area is 184 Å². The fourth-order valence-electron chi connectivity index (χ4n) is 2.67. The highest BCUT2D eigenvalue weighted by Gasteiger charge is 2.15. The Balaban J connectivity index is 1.54. The molecule has 0 saturated carbocycles. The zero-order valence-electron chi connectivity index (χ0n) is 15.0. The number of nitrogens with one attached hydrogen (secondary N) is 2. The summed E-state index contributed by atoms with van der Waals surface area (Å²) in [6.07, 6.45) is 0. The fraction of sp³-hybridized carbons (Fsp3) is 0.0500. The maximum absolute atomic E-state index is 12.1. The number of hydrogen-bond acceptors (Lipinski definition) is 5. The van der Waals surface area contributed by atoms with Crippen LogP contribution in [0, 0.1) is 6.92 Å². The number of carbonyl (C=O) groups excluding carboxylic acids is 1. The first kappa shape index (κ1) is 19.6. The van der Waals surface area contributed by atoms with E-state index in [1.165, 1.54) is 6.07 Å². The number of benzene rings is 2. The molecule has 0 aliphatic carbocycles. The summed E-state index contributed by atoms with van der Waals surface area (Å²) in [5.74, 6) is 0.109. The number of hydrogen-bond donors (Lipinski definition) is 2. The molecule has 6 nitrogen and oxygen atoms in total. The summed E-state index contributed by atoms with van der Waals surface area (Å²) in [5.41, 5.74) is 3.79. The maximum Gasteiger partial charge on any atom is 0.293 e. The van der Waals surface area contributed by atoms with Gasteiger partial charge in [-0.25, -0.2) is 4.98 Å². The number of rotatable bonds is 3. The van der Waals surface area contributed by atoms with Crippen molar-refractivity contribution in [2.24, 2.45) is 0 Å². The van der Waals surface area contributed by atoms with Crippen molar-refractivity contribution >= 4 is 67.6 Å². The van der Waals surface area contributed by atoms with Crippen molar-refractivity contribution in [1.29, 1.82) is 0 Å². The van der Waals surface area contributed by atoms with Gasteiger partial charge in [-0.3, -0.25) is 10.1 Å². The summed E-state index contributed by atoms with van der Waals surface area (Å²) in [5, 5.41) is 5.96. The number of furan rings is 1. The van der Waals surface area contributed by atoms with Gasteiger partial charge in [0.1, 0.15) is 5.52 Å². The smallest absolute Gasteiger partial charge is 0.293 e. The van der Waals surface area contributed by atoms with Gasteiger partial charge in [0.15, 0.2) is 21.1 Å². The number of amides is 1. The van der Waals surface area contributed by atoms with Gasteiger partial charge in [-0.2, -0.15) is 0 Å². The van der Waals surface area contributed by atoms with Crippen LogP contribution in [0.4, 0.5) is 5.69 Å². The Morgan fingerprint density at radius 2 is 1.97 bits per heavy atom. The highest BCUT2D eigenvalue weighted by molar-refractivity contribution is 9.10. The molecule has 9 heteroatoms. The molecule has 2 aromatic carbocycles. The van der Waals surface area contributed by atoms with Crippen LogP contribution in [-0.2, 0) is 0 Å². The van der Waals surface area contributed by atoms with Gasteiger partial charge >= 0.3 is 0 Å². The second kappa shape index (κ2) is 7.98. The Morgan fingerprint density at radius 3 is 2.72 bits per heavy atom. The zero-order valence-corrected chi connectivity index (χ0v) is 18.1. The number of aryl methyl sites for hydroxylation is 1. The minimum Gasteiger partial charge on any atom is -0.444 e. The summed E-state index contributed by atoms with van der Waals surface area (Å²) in [4.78, 5) is 16.7. The molecule has 146 valence electrons. The van der Waals surface area contributed by atoms with E-state index in [-0.39, 0.29) is 10.9 Å². The molecule has 2 heterocycles. The molecular weight excluding hydrogens is 478 g/mol. The average molecular weight is 491 g/mol. The van der Waals surface area contributed by atoms with E-state index in [2.05, 4.69) is 31.5 Å². The van der Waals surface area contributed by atoms with Crippen LogP contribution in [0.2, 0.25) is 5.02 Å². The molecular formula is C20H13BrClN3O3S. The molecule has 4 rings (SSSR count). The van der Waals surface area contributed by atoms with Gasteiger partial charge in [-0.1, -0.05) is 17.7 Å². The number of fused-ring (bicyclic) bond motifs is 1. The number of oxazole rings is 1. The lowest BCUT2D eigenvalue weighted by Crippen LogP contribution is -2.33. The first-order valence-corrected chi connectivity index (χ1v) is 10.0. The Hall–Kier alpha value is -2.68. The van der Waals surface area contributed by atoms with Crippen LogP contribution < -0.4 is 10.6 Å². The van der Waals surface area contributed by atoms with E-state index in [1.54, 1.807) is 24.3 Å². The van der Waals surface area contributed by atoms with Gasteiger partial charge in [0.25, 0.3) is 5.91 Å². The minimum atomic E-state index is -0.477. The van der Waals surface area contributed by atoms with Crippen LogP contribution in [0.25, 0.3) is 22.6 Å². The standard InChI is InChI=1S/C20H13BrClN3O3S/c1-10-2-5-15-14(8-10)23-19(28-15)11-3-4-12(22)13(9-11)24-20(29)25-18(26)16-6-7-17(21)27-16/h2-9H,1H3,(H2,24,25,26,29). The predicted molar refractivity (Wildman–Crippen MR) is 119 cm³/mol. The summed E-state index contributed by atoms with van der Waals surface area (Å²) >= 11 is 14.6. The molecule has 0 spiro atoms. The predicted octanol–water partition coefficient (Wildman–Crippen LogP) is 5.94. The third-order valence-corrected chi connectivity index (χ3v) is 4.99. The van der Waals surface area contributed by atoms with Crippen LogP contribution >= 0.6 is 39.7 Å². The molecule has 0 radical (unpaired) electrons. The van der Waals surface area contributed by atoms with Crippen molar-refractivity contribution in [3.05, 3.63) is 69.5 Å². The molecule has 29 heavy (non-hydrogen) atoms. The number of carbonyl (C=O) groups is 1. The lowest BCUT2D eigenvalue weighted by Gasteiger charge is -2.11. The van der Waals surface area contributed by atoms with Gasteiger partial charge < -0.3 is 14.2 Å². The van der Waals surface area contributed by atoms with Crippen LogP contribution in [0.3, 0.4) is 0 Å². The van der Waals surface area contributed by atoms with Crippen molar-refractivity contribution < 1.29 is 13.6 Å².